The Morgan fingerprint density at radius 1 is 0.873 bits per heavy atom. The van der Waals surface area contributed by atoms with E-state index in [1.54, 1.807) is 58.5 Å². The molecule has 4 aromatic rings. The summed E-state index contributed by atoms with van der Waals surface area (Å²) < 4.78 is 9.12. The second-order valence-electron chi connectivity index (χ2n) is 14.2. The molecule has 3 aliphatic heterocycles. The van der Waals surface area contributed by atoms with Gasteiger partial charge in [0.05, 0.1) is 11.9 Å². The number of nitrogens with zero attached hydrogens (tertiary/aromatic N) is 10. The summed E-state index contributed by atoms with van der Waals surface area (Å²) >= 11 is 3.37. The fraction of sp³-hybridized carbons (Fsp3) is 0.514. The van der Waals surface area contributed by atoms with E-state index in [9.17, 15) is 14.4 Å². The number of imidazole rings is 1. The summed E-state index contributed by atoms with van der Waals surface area (Å²) in [7, 11) is 3.79. The van der Waals surface area contributed by atoms with Gasteiger partial charge in [-0.1, -0.05) is 42.6 Å². The molecular weight excluding hydrogens is 743 g/mol. The van der Waals surface area contributed by atoms with E-state index in [1.807, 2.05) is 42.1 Å². The third kappa shape index (κ3) is 11.7. The van der Waals surface area contributed by atoms with Crippen molar-refractivity contribution in [3.05, 3.63) is 66.1 Å². The average molecular weight is 792 g/mol. The Labute approximate surface area is 329 Å². The first-order chi connectivity index (χ1) is 26.6. The number of hydrogen-bond acceptors (Lipinski definition) is 12. The lowest BCUT2D eigenvalue weighted by Gasteiger charge is -2.30. The number of thioether (sulfide) groups is 2. The standard InChI is InChI=1S/C29H36N6O3S.C8H13N5O2S/c1-21-4-3-14-34(19-21)20-22-5-7-23(8-6-22)27(36)32-24-9-10-26(31-18-24)38-29(37)35-15-11-25(12-16-35)39-28-30-13-17-33(28)2;1-12-7(9-10-11-12)16-6-2-4-13(5-3-6)8(14)15/h5-10,13,17-18,21,25H,3-4,11-12,14-16,19-20H2,1-2H3,(H,32,36);6H,2-5H2,1H3,(H,14,15). The van der Waals surface area contributed by atoms with Crippen LogP contribution in [0.25, 0.3) is 0 Å². The van der Waals surface area contributed by atoms with Crippen molar-refractivity contribution in [3.8, 4) is 5.88 Å². The lowest BCUT2D eigenvalue weighted by Crippen LogP contribution is -2.41. The van der Waals surface area contributed by atoms with Crippen LogP contribution in [0, 0.1) is 5.92 Å². The predicted molar refractivity (Wildman–Crippen MR) is 209 cm³/mol. The zero-order valence-corrected chi connectivity index (χ0v) is 33.1. The fourth-order valence-corrected chi connectivity index (χ4v) is 8.84. The van der Waals surface area contributed by atoms with Gasteiger partial charge in [-0.2, -0.15) is 0 Å². The number of pyridine rings is 1. The summed E-state index contributed by atoms with van der Waals surface area (Å²) in [6.45, 7) is 7.93. The number of piperidine rings is 3. The van der Waals surface area contributed by atoms with Crippen LogP contribution in [0.5, 0.6) is 5.88 Å². The molecule has 1 aromatic carbocycles. The first-order valence-corrected chi connectivity index (χ1v) is 20.4. The van der Waals surface area contributed by atoms with Gasteiger partial charge in [0.15, 0.2) is 5.16 Å². The van der Waals surface area contributed by atoms with Crippen molar-refractivity contribution in [2.75, 3.05) is 44.6 Å². The normalized spacial score (nSPS) is 18.3. The molecule has 0 aliphatic carbocycles. The van der Waals surface area contributed by atoms with Crippen LogP contribution >= 0.6 is 23.5 Å². The number of benzene rings is 1. The van der Waals surface area contributed by atoms with Gasteiger partial charge in [-0.15, -0.1) is 5.10 Å². The van der Waals surface area contributed by atoms with Crippen molar-refractivity contribution in [2.24, 2.45) is 20.0 Å². The summed E-state index contributed by atoms with van der Waals surface area (Å²) in [4.78, 5) is 50.3. The highest BCUT2D eigenvalue weighted by molar-refractivity contribution is 8.00. The van der Waals surface area contributed by atoms with Crippen LogP contribution in [0.15, 0.2) is 65.3 Å². The highest BCUT2D eigenvalue weighted by atomic mass is 32.2. The molecule has 3 fully saturated rings. The summed E-state index contributed by atoms with van der Waals surface area (Å²) in [5.41, 5.74) is 2.34. The Morgan fingerprint density at radius 2 is 1.56 bits per heavy atom. The van der Waals surface area contributed by atoms with Gasteiger partial charge >= 0.3 is 12.2 Å². The minimum absolute atomic E-state index is 0.203. The zero-order chi connectivity index (χ0) is 38.7. The first-order valence-electron chi connectivity index (χ1n) is 18.7. The van der Waals surface area contributed by atoms with E-state index in [1.165, 1.54) is 29.5 Å². The number of hydrogen-bond donors (Lipinski definition) is 2. The van der Waals surface area contributed by atoms with E-state index >= 15 is 0 Å². The predicted octanol–water partition coefficient (Wildman–Crippen LogP) is 5.50. The van der Waals surface area contributed by atoms with Crippen molar-refractivity contribution < 1.29 is 24.2 Å². The Morgan fingerprint density at radius 3 is 2.15 bits per heavy atom. The molecule has 1 atom stereocenters. The number of anilines is 1. The maximum absolute atomic E-state index is 12.7. The van der Waals surface area contributed by atoms with E-state index in [4.69, 9.17) is 9.84 Å². The van der Waals surface area contributed by atoms with E-state index < -0.39 is 12.2 Å². The number of carboxylic acid groups (broad SMARTS) is 1. The van der Waals surface area contributed by atoms with Crippen molar-refractivity contribution in [3.63, 3.8) is 0 Å². The lowest BCUT2D eigenvalue weighted by atomic mass is 9.99. The number of carbonyl (C=O) groups excluding carboxylic acids is 2. The Bertz CT molecular complexity index is 1860. The van der Waals surface area contributed by atoms with Crippen molar-refractivity contribution in [2.45, 2.75) is 72.8 Å². The number of nitrogens with one attached hydrogen (secondary N) is 1. The maximum atomic E-state index is 12.7. The molecular formula is C37H49N11O5S2. The van der Waals surface area contributed by atoms with E-state index in [2.05, 4.69) is 42.6 Å². The maximum Gasteiger partial charge on any atom is 0.416 e. The molecule has 6 heterocycles. The first kappa shape index (κ1) is 40.0. The molecule has 1 unspecified atom stereocenters. The summed E-state index contributed by atoms with van der Waals surface area (Å²) in [5, 5.41) is 25.5. The number of amides is 3. The van der Waals surface area contributed by atoms with Crippen molar-refractivity contribution in [1.82, 2.24) is 49.4 Å². The second-order valence-corrected chi connectivity index (χ2v) is 16.7. The minimum Gasteiger partial charge on any atom is -0.465 e. The topological polar surface area (TPSA) is 177 Å². The number of ether oxygens (including phenoxy) is 1. The monoisotopic (exact) mass is 791 g/mol. The minimum atomic E-state index is -0.830. The van der Waals surface area contributed by atoms with Crippen LogP contribution in [-0.4, -0.2) is 122 Å². The van der Waals surface area contributed by atoms with E-state index in [0.29, 0.717) is 47.9 Å². The quantitative estimate of drug-likeness (QED) is 0.218. The van der Waals surface area contributed by atoms with Crippen LogP contribution < -0.4 is 10.1 Å². The molecule has 0 spiro atoms. The molecule has 0 bridgehead atoms. The van der Waals surface area contributed by atoms with Crippen LogP contribution in [0.4, 0.5) is 15.3 Å². The Hall–Kier alpha value is -4.68. The fourth-order valence-electron chi connectivity index (χ4n) is 6.73. The summed E-state index contributed by atoms with van der Waals surface area (Å²) in [6, 6.07) is 11.1. The number of rotatable bonds is 9. The molecule has 3 aliphatic rings. The molecule has 55 heavy (non-hydrogen) atoms. The Kier molecular flexibility index (Phi) is 14.0. The van der Waals surface area contributed by atoms with E-state index in [0.717, 1.165) is 61.5 Å². The van der Waals surface area contributed by atoms with Crippen LogP contribution in [0.1, 0.15) is 61.4 Å². The molecule has 3 aromatic heterocycles. The highest BCUT2D eigenvalue weighted by Crippen LogP contribution is 2.30. The molecule has 3 amide bonds. The number of aryl methyl sites for hydroxylation is 2. The second kappa shape index (κ2) is 19.3. The number of likely N-dealkylation sites (tertiary alicyclic amines) is 3. The van der Waals surface area contributed by atoms with Gasteiger partial charge in [-0.25, -0.2) is 24.2 Å². The van der Waals surface area contributed by atoms with Gasteiger partial charge in [0.1, 0.15) is 0 Å². The smallest absolute Gasteiger partial charge is 0.416 e. The van der Waals surface area contributed by atoms with Gasteiger partial charge in [0, 0.05) is 87.9 Å². The molecule has 16 nitrogen and oxygen atoms in total. The van der Waals surface area contributed by atoms with Gasteiger partial charge < -0.3 is 29.5 Å². The van der Waals surface area contributed by atoms with Crippen molar-refractivity contribution >= 4 is 47.3 Å². The average Bonchev–Trinajstić information content (AvgIpc) is 3.79. The molecule has 0 radical (unpaired) electrons. The third-order valence-electron chi connectivity index (χ3n) is 9.86. The number of carbonyl (C=O) groups is 3. The van der Waals surface area contributed by atoms with Crippen LogP contribution in [0.3, 0.4) is 0 Å². The molecule has 0 saturated carbocycles. The van der Waals surface area contributed by atoms with Gasteiger partial charge in [-0.3, -0.25) is 9.69 Å². The van der Waals surface area contributed by atoms with E-state index in [-0.39, 0.29) is 11.8 Å². The molecule has 2 N–H and O–H groups in total. The number of tetrazole rings is 1. The van der Waals surface area contributed by atoms with Gasteiger partial charge in [0.2, 0.25) is 11.0 Å². The Balaban J connectivity index is 0.000000268. The van der Waals surface area contributed by atoms with Gasteiger partial charge in [-0.05, 0) is 85.2 Å². The molecule has 7 rings (SSSR count). The summed E-state index contributed by atoms with van der Waals surface area (Å²) in [6.07, 6.45) is 10.0. The zero-order valence-electron chi connectivity index (χ0n) is 31.5. The largest absolute Gasteiger partial charge is 0.465 e. The lowest BCUT2D eigenvalue weighted by molar-refractivity contribution is 0.102. The molecule has 18 heteroatoms. The van der Waals surface area contributed by atoms with Gasteiger partial charge in [0.25, 0.3) is 5.91 Å². The van der Waals surface area contributed by atoms with Crippen LogP contribution in [-0.2, 0) is 20.6 Å². The third-order valence-corrected chi connectivity index (χ3v) is 12.6. The van der Waals surface area contributed by atoms with Crippen molar-refractivity contribution in [1.29, 1.82) is 0 Å². The SMILES string of the molecule is CC1CCCN(Cc2ccc(C(=O)Nc3ccc(OC(=O)N4CCC(Sc5nccn5C)CC4)nc3)cc2)C1.Cn1nnnc1SC1CCN(C(=O)O)CC1. The molecule has 3 saturated heterocycles. The van der Waals surface area contributed by atoms with Crippen LogP contribution in [0.2, 0.25) is 0 Å². The number of aromatic nitrogens is 7. The molecule has 294 valence electrons. The highest BCUT2D eigenvalue weighted by Gasteiger charge is 2.27. The summed E-state index contributed by atoms with van der Waals surface area (Å²) in [5.74, 6) is 0.747.